The molecule has 2 aromatic heterocycles. The van der Waals surface area contributed by atoms with Gasteiger partial charge < -0.3 is 5.73 Å². The molecular formula is C11H16N4. The summed E-state index contributed by atoms with van der Waals surface area (Å²) in [5, 5.41) is 4.41. The van der Waals surface area contributed by atoms with E-state index in [2.05, 4.69) is 10.1 Å². The van der Waals surface area contributed by atoms with E-state index >= 15 is 0 Å². The minimum absolute atomic E-state index is 0.396. The number of nitrogens with two attached hydrogens (primary N) is 1. The number of aryl methyl sites for hydroxylation is 2. The van der Waals surface area contributed by atoms with E-state index in [1.807, 2.05) is 44.5 Å². The van der Waals surface area contributed by atoms with Gasteiger partial charge in [-0.1, -0.05) is 0 Å². The highest BCUT2D eigenvalue weighted by atomic mass is 15.3. The van der Waals surface area contributed by atoms with E-state index < -0.39 is 5.54 Å². The largest absolute Gasteiger partial charge is 0.322 e. The lowest BCUT2D eigenvalue weighted by Gasteiger charge is -2.20. The van der Waals surface area contributed by atoms with E-state index in [9.17, 15) is 0 Å². The Morgan fingerprint density at radius 1 is 1.33 bits per heavy atom. The van der Waals surface area contributed by atoms with Crippen LogP contribution in [0.1, 0.15) is 30.8 Å². The molecule has 0 unspecified atom stereocenters. The molecule has 2 heterocycles. The van der Waals surface area contributed by atoms with E-state index in [1.165, 1.54) is 0 Å². The number of rotatable bonds is 1. The van der Waals surface area contributed by atoms with Gasteiger partial charge in [-0.25, -0.2) is 9.50 Å². The Hall–Kier alpha value is -1.42. The van der Waals surface area contributed by atoms with Crippen molar-refractivity contribution >= 4 is 5.65 Å². The number of nitrogens with zero attached hydrogens (tertiary/aromatic N) is 3. The third-order valence-electron chi connectivity index (χ3n) is 2.45. The summed E-state index contributed by atoms with van der Waals surface area (Å²) in [4.78, 5) is 4.35. The van der Waals surface area contributed by atoms with Gasteiger partial charge in [-0.3, -0.25) is 0 Å². The first-order chi connectivity index (χ1) is 6.89. The van der Waals surface area contributed by atoms with Crippen LogP contribution in [0.2, 0.25) is 0 Å². The molecule has 4 nitrogen and oxygen atoms in total. The molecule has 0 saturated carbocycles. The van der Waals surface area contributed by atoms with E-state index in [0.717, 1.165) is 22.6 Å². The van der Waals surface area contributed by atoms with Crippen LogP contribution in [0.15, 0.2) is 12.3 Å². The molecule has 0 bridgehead atoms. The summed E-state index contributed by atoms with van der Waals surface area (Å²) in [5.41, 5.74) is 9.59. The fraction of sp³-hybridized carbons (Fsp3) is 0.455. The minimum atomic E-state index is -0.396. The van der Waals surface area contributed by atoms with Crippen molar-refractivity contribution in [2.24, 2.45) is 5.73 Å². The predicted molar refractivity (Wildman–Crippen MR) is 59.7 cm³/mol. The van der Waals surface area contributed by atoms with Crippen LogP contribution in [0.25, 0.3) is 5.65 Å². The lowest BCUT2D eigenvalue weighted by atomic mass is 9.96. The molecule has 80 valence electrons. The molecule has 0 aliphatic rings. The molecule has 0 radical (unpaired) electrons. The van der Waals surface area contributed by atoms with Gasteiger partial charge in [0.1, 0.15) is 0 Å². The van der Waals surface area contributed by atoms with E-state index in [0.29, 0.717) is 0 Å². The number of aromatic nitrogens is 3. The monoisotopic (exact) mass is 204 g/mol. The Morgan fingerprint density at radius 3 is 2.60 bits per heavy atom. The molecule has 2 N–H and O–H groups in total. The Labute approximate surface area is 89.1 Å². The second-order valence-electron chi connectivity index (χ2n) is 4.56. The number of fused-ring (bicyclic) bond motifs is 1. The van der Waals surface area contributed by atoms with Crippen molar-refractivity contribution in [3.63, 3.8) is 0 Å². The first-order valence-electron chi connectivity index (χ1n) is 5.01. The molecule has 15 heavy (non-hydrogen) atoms. The van der Waals surface area contributed by atoms with Gasteiger partial charge >= 0.3 is 0 Å². The van der Waals surface area contributed by atoms with Crippen LogP contribution in [0.3, 0.4) is 0 Å². The number of hydrogen-bond acceptors (Lipinski definition) is 3. The second-order valence-corrected chi connectivity index (χ2v) is 4.56. The van der Waals surface area contributed by atoms with Crippen LogP contribution in [-0.2, 0) is 5.54 Å². The van der Waals surface area contributed by atoms with Gasteiger partial charge in [-0.15, -0.1) is 0 Å². The molecule has 0 aliphatic heterocycles. The first-order valence-corrected chi connectivity index (χ1v) is 5.01. The van der Waals surface area contributed by atoms with E-state index in [1.54, 1.807) is 0 Å². The van der Waals surface area contributed by atoms with Crippen molar-refractivity contribution in [1.82, 2.24) is 14.6 Å². The quantitative estimate of drug-likeness (QED) is 0.766. The minimum Gasteiger partial charge on any atom is -0.322 e. The SMILES string of the molecule is Cc1cc(C(C)(C)N)c2ncc(C)n2n1. The van der Waals surface area contributed by atoms with Gasteiger partial charge in [0, 0.05) is 11.1 Å². The second kappa shape index (κ2) is 3.03. The summed E-state index contributed by atoms with van der Waals surface area (Å²) in [6.07, 6.45) is 1.82. The molecular weight excluding hydrogens is 188 g/mol. The van der Waals surface area contributed by atoms with Crippen LogP contribution in [0.5, 0.6) is 0 Å². The normalized spacial score (nSPS) is 12.3. The molecule has 0 atom stereocenters. The Balaban J connectivity index is 2.84. The van der Waals surface area contributed by atoms with Gasteiger partial charge in [-0.2, -0.15) is 5.10 Å². The van der Waals surface area contributed by atoms with Crippen LogP contribution >= 0.6 is 0 Å². The molecule has 2 rings (SSSR count). The van der Waals surface area contributed by atoms with Crippen LogP contribution in [-0.4, -0.2) is 14.6 Å². The highest BCUT2D eigenvalue weighted by molar-refractivity contribution is 5.51. The standard InChI is InChI=1S/C11H16N4/c1-7-5-9(11(3,4)12)10-13-6-8(2)15(10)14-7/h5-6H,12H2,1-4H3. The highest BCUT2D eigenvalue weighted by Gasteiger charge is 2.20. The van der Waals surface area contributed by atoms with Crippen LogP contribution in [0.4, 0.5) is 0 Å². The maximum absolute atomic E-state index is 6.12. The average molecular weight is 204 g/mol. The van der Waals surface area contributed by atoms with Crippen molar-refractivity contribution in [2.45, 2.75) is 33.2 Å². The zero-order valence-electron chi connectivity index (χ0n) is 9.57. The molecule has 0 saturated heterocycles. The highest BCUT2D eigenvalue weighted by Crippen LogP contribution is 2.22. The van der Waals surface area contributed by atoms with Crippen molar-refractivity contribution in [2.75, 3.05) is 0 Å². The van der Waals surface area contributed by atoms with Crippen LogP contribution < -0.4 is 5.73 Å². The zero-order chi connectivity index (χ0) is 11.2. The van der Waals surface area contributed by atoms with E-state index in [4.69, 9.17) is 5.73 Å². The summed E-state index contributed by atoms with van der Waals surface area (Å²) in [6, 6.07) is 2.00. The summed E-state index contributed by atoms with van der Waals surface area (Å²) < 4.78 is 1.85. The number of hydrogen-bond donors (Lipinski definition) is 1. The maximum atomic E-state index is 6.12. The maximum Gasteiger partial charge on any atom is 0.158 e. The van der Waals surface area contributed by atoms with Crippen molar-refractivity contribution in [3.05, 3.63) is 29.2 Å². The summed E-state index contributed by atoms with van der Waals surface area (Å²) in [5.74, 6) is 0. The van der Waals surface area contributed by atoms with Crippen molar-refractivity contribution < 1.29 is 0 Å². The topological polar surface area (TPSA) is 56.2 Å². The summed E-state index contributed by atoms with van der Waals surface area (Å²) >= 11 is 0. The Kier molecular flexibility index (Phi) is 2.04. The molecule has 0 aromatic carbocycles. The lowest BCUT2D eigenvalue weighted by Crippen LogP contribution is -2.30. The van der Waals surface area contributed by atoms with Crippen molar-refractivity contribution in [3.8, 4) is 0 Å². The van der Waals surface area contributed by atoms with Crippen LogP contribution in [0, 0.1) is 13.8 Å². The lowest BCUT2D eigenvalue weighted by molar-refractivity contribution is 0.552. The summed E-state index contributed by atoms with van der Waals surface area (Å²) in [6.45, 7) is 7.91. The zero-order valence-corrected chi connectivity index (χ0v) is 9.57. The predicted octanol–water partition coefficient (Wildman–Crippen LogP) is 1.54. The molecule has 0 aliphatic carbocycles. The van der Waals surface area contributed by atoms with Gasteiger partial charge in [0.2, 0.25) is 0 Å². The average Bonchev–Trinajstić information content (AvgIpc) is 2.45. The Bertz CT molecular complexity index is 505. The molecule has 0 amide bonds. The van der Waals surface area contributed by atoms with Gasteiger partial charge in [0.05, 0.1) is 17.6 Å². The Morgan fingerprint density at radius 2 is 2.00 bits per heavy atom. The molecule has 4 heteroatoms. The molecule has 2 aromatic rings. The third kappa shape index (κ3) is 1.61. The molecule has 0 spiro atoms. The van der Waals surface area contributed by atoms with Gasteiger partial charge in [0.25, 0.3) is 0 Å². The summed E-state index contributed by atoms with van der Waals surface area (Å²) in [7, 11) is 0. The van der Waals surface area contributed by atoms with E-state index in [-0.39, 0.29) is 0 Å². The number of imidazole rings is 1. The third-order valence-corrected chi connectivity index (χ3v) is 2.45. The fourth-order valence-corrected chi connectivity index (χ4v) is 1.68. The smallest absolute Gasteiger partial charge is 0.158 e. The first kappa shape index (κ1) is 10.1. The van der Waals surface area contributed by atoms with Crippen molar-refractivity contribution in [1.29, 1.82) is 0 Å². The fourth-order valence-electron chi connectivity index (χ4n) is 1.68. The van der Waals surface area contributed by atoms with Gasteiger partial charge in [-0.05, 0) is 33.8 Å². The molecule has 0 fully saturated rings. The van der Waals surface area contributed by atoms with Gasteiger partial charge in [0.15, 0.2) is 5.65 Å².